The molecule has 2 unspecified atom stereocenters. The Morgan fingerprint density at radius 2 is 1.38 bits per heavy atom. The smallest absolute Gasteiger partial charge is 0.0582 e. The first-order chi connectivity index (χ1) is 5.93. The van der Waals surface area contributed by atoms with Crippen molar-refractivity contribution in [2.45, 2.75) is 39.3 Å². The van der Waals surface area contributed by atoms with Gasteiger partial charge in [0.1, 0.15) is 0 Å². The minimum absolute atomic E-state index is 0.0185. The van der Waals surface area contributed by atoms with E-state index in [1.807, 2.05) is 0 Å². The van der Waals surface area contributed by atoms with Crippen molar-refractivity contribution >= 4 is 0 Å². The normalized spacial score (nSPS) is 14.8. The fourth-order valence-corrected chi connectivity index (χ4v) is 0.680. The van der Waals surface area contributed by atoms with Gasteiger partial charge in [0.15, 0.2) is 0 Å². The summed E-state index contributed by atoms with van der Waals surface area (Å²) in [6.45, 7) is 6.13. The standard InChI is InChI=1S/C6H15NO.C3H9NO/c1-5(2)3-6(7)4-8;1-3(4)2-5/h5-6,8H,3-4,7H2,1-2H3;3,5H,2,4H2,1H3. The van der Waals surface area contributed by atoms with Crippen molar-refractivity contribution in [3.63, 3.8) is 0 Å². The number of aliphatic hydroxyl groups is 2. The highest BCUT2D eigenvalue weighted by Crippen LogP contribution is 2.00. The molecule has 4 nitrogen and oxygen atoms in total. The molecule has 0 radical (unpaired) electrons. The molecule has 0 amide bonds. The van der Waals surface area contributed by atoms with E-state index < -0.39 is 0 Å². The molecule has 0 rings (SSSR count). The molecule has 4 heteroatoms. The largest absolute Gasteiger partial charge is 0.395 e. The molecule has 0 aliphatic carbocycles. The van der Waals surface area contributed by atoms with E-state index in [0.717, 1.165) is 6.42 Å². The van der Waals surface area contributed by atoms with Crippen LogP contribution in [0.4, 0.5) is 0 Å². The van der Waals surface area contributed by atoms with Gasteiger partial charge in [-0.2, -0.15) is 0 Å². The van der Waals surface area contributed by atoms with Crippen LogP contribution in [0.5, 0.6) is 0 Å². The Kier molecular flexibility index (Phi) is 11.7. The van der Waals surface area contributed by atoms with Gasteiger partial charge in [0, 0.05) is 12.1 Å². The molecule has 82 valence electrons. The van der Waals surface area contributed by atoms with Crippen LogP contribution in [0.3, 0.4) is 0 Å². The highest BCUT2D eigenvalue weighted by molar-refractivity contribution is 4.60. The van der Waals surface area contributed by atoms with E-state index in [9.17, 15) is 0 Å². The van der Waals surface area contributed by atoms with E-state index >= 15 is 0 Å². The van der Waals surface area contributed by atoms with E-state index in [0.29, 0.717) is 5.92 Å². The Hall–Kier alpha value is -0.160. The van der Waals surface area contributed by atoms with Crippen molar-refractivity contribution in [3.05, 3.63) is 0 Å². The van der Waals surface area contributed by atoms with Crippen molar-refractivity contribution in [1.29, 1.82) is 0 Å². The molecule has 0 aliphatic rings. The number of aliphatic hydroxyl groups excluding tert-OH is 2. The number of rotatable bonds is 4. The lowest BCUT2D eigenvalue weighted by atomic mass is 10.1. The molecule has 6 N–H and O–H groups in total. The van der Waals surface area contributed by atoms with Crippen molar-refractivity contribution in [2.24, 2.45) is 17.4 Å². The number of hydrogen-bond donors (Lipinski definition) is 4. The molecule has 2 atom stereocenters. The first kappa shape index (κ1) is 15.3. The maximum Gasteiger partial charge on any atom is 0.0582 e. The summed E-state index contributed by atoms with van der Waals surface area (Å²) < 4.78 is 0. The summed E-state index contributed by atoms with van der Waals surface area (Å²) in [4.78, 5) is 0. The second-order valence-electron chi connectivity index (χ2n) is 3.73. The summed E-state index contributed by atoms with van der Waals surface area (Å²) in [5, 5.41) is 16.5. The van der Waals surface area contributed by atoms with Crippen molar-refractivity contribution in [1.82, 2.24) is 0 Å². The molecule has 13 heavy (non-hydrogen) atoms. The van der Waals surface area contributed by atoms with Crippen molar-refractivity contribution in [3.8, 4) is 0 Å². The van der Waals surface area contributed by atoms with Gasteiger partial charge in [-0.05, 0) is 19.3 Å². The number of nitrogens with two attached hydrogens (primary N) is 2. The molecule has 0 aromatic heterocycles. The highest BCUT2D eigenvalue weighted by Gasteiger charge is 2.01. The zero-order valence-electron chi connectivity index (χ0n) is 8.90. The molecule has 0 spiro atoms. The van der Waals surface area contributed by atoms with Gasteiger partial charge in [-0.25, -0.2) is 0 Å². The van der Waals surface area contributed by atoms with E-state index in [-0.39, 0.29) is 25.3 Å². The maximum atomic E-state index is 8.46. The average Bonchev–Trinajstić information content (AvgIpc) is 2.04. The minimum Gasteiger partial charge on any atom is -0.395 e. The second kappa shape index (κ2) is 9.92. The third-order valence-electron chi connectivity index (χ3n) is 1.30. The quantitative estimate of drug-likeness (QED) is 0.491. The lowest BCUT2D eigenvalue weighted by molar-refractivity contribution is 0.250. The Balaban J connectivity index is 0. The Labute approximate surface area is 80.9 Å². The van der Waals surface area contributed by atoms with Crippen LogP contribution < -0.4 is 11.5 Å². The molecule has 0 saturated carbocycles. The lowest BCUT2D eigenvalue weighted by Gasteiger charge is -2.09. The van der Waals surface area contributed by atoms with Gasteiger partial charge >= 0.3 is 0 Å². The minimum atomic E-state index is -0.0602. The van der Waals surface area contributed by atoms with Crippen LogP contribution in [0.2, 0.25) is 0 Å². The van der Waals surface area contributed by atoms with Gasteiger partial charge in [-0.3, -0.25) is 0 Å². The van der Waals surface area contributed by atoms with Gasteiger partial charge in [0.2, 0.25) is 0 Å². The summed E-state index contributed by atoms with van der Waals surface area (Å²) in [5.41, 5.74) is 10.5. The zero-order chi connectivity index (χ0) is 10.9. The predicted molar refractivity (Wildman–Crippen MR) is 55.3 cm³/mol. The van der Waals surface area contributed by atoms with Crippen LogP contribution in [0.1, 0.15) is 27.2 Å². The van der Waals surface area contributed by atoms with Crippen LogP contribution in [0, 0.1) is 5.92 Å². The second-order valence-corrected chi connectivity index (χ2v) is 3.73. The van der Waals surface area contributed by atoms with Crippen LogP contribution in [-0.2, 0) is 0 Å². The van der Waals surface area contributed by atoms with E-state index in [4.69, 9.17) is 21.7 Å². The van der Waals surface area contributed by atoms with E-state index in [2.05, 4.69) is 13.8 Å². The monoisotopic (exact) mass is 192 g/mol. The SMILES string of the molecule is CC(C)CC(N)CO.CC(N)CO. The average molecular weight is 192 g/mol. The fourth-order valence-electron chi connectivity index (χ4n) is 0.680. The molecular weight excluding hydrogens is 168 g/mol. The van der Waals surface area contributed by atoms with Gasteiger partial charge in [0.25, 0.3) is 0 Å². The molecule has 0 saturated heterocycles. The third-order valence-corrected chi connectivity index (χ3v) is 1.30. The Bertz CT molecular complexity index is 97.6. The summed E-state index contributed by atoms with van der Waals surface area (Å²) in [6.07, 6.45) is 0.913. The van der Waals surface area contributed by atoms with Gasteiger partial charge in [-0.15, -0.1) is 0 Å². The van der Waals surface area contributed by atoms with Gasteiger partial charge < -0.3 is 21.7 Å². The van der Waals surface area contributed by atoms with Crippen LogP contribution in [-0.4, -0.2) is 35.5 Å². The Morgan fingerprint density at radius 3 is 1.46 bits per heavy atom. The summed E-state index contributed by atoms with van der Waals surface area (Å²) in [7, 11) is 0. The summed E-state index contributed by atoms with van der Waals surface area (Å²) in [5.74, 6) is 0.595. The first-order valence-corrected chi connectivity index (χ1v) is 4.66. The van der Waals surface area contributed by atoms with Crippen LogP contribution in [0.15, 0.2) is 0 Å². The van der Waals surface area contributed by atoms with Gasteiger partial charge in [-0.1, -0.05) is 13.8 Å². The van der Waals surface area contributed by atoms with E-state index in [1.165, 1.54) is 0 Å². The maximum absolute atomic E-state index is 8.46. The first-order valence-electron chi connectivity index (χ1n) is 4.66. The van der Waals surface area contributed by atoms with E-state index in [1.54, 1.807) is 6.92 Å². The molecule has 0 aromatic rings. The predicted octanol–water partition coefficient (Wildman–Crippen LogP) is -0.322. The van der Waals surface area contributed by atoms with Crippen LogP contribution in [0.25, 0.3) is 0 Å². The molecule has 0 aromatic carbocycles. The van der Waals surface area contributed by atoms with Crippen molar-refractivity contribution in [2.75, 3.05) is 13.2 Å². The zero-order valence-corrected chi connectivity index (χ0v) is 8.90. The third kappa shape index (κ3) is 18.7. The van der Waals surface area contributed by atoms with Crippen LogP contribution >= 0.6 is 0 Å². The van der Waals surface area contributed by atoms with Crippen molar-refractivity contribution < 1.29 is 10.2 Å². The molecule has 0 aliphatic heterocycles. The molecule has 0 bridgehead atoms. The summed E-state index contributed by atoms with van der Waals surface area (Å²) >= 11 is 0. The topological polar surface area (TPSA) is 92.5 Å². The lowest BCUT2D eigenvalue weighted by Crippen LogP contribution is -2.25. The highest BCUT2D eigenvalue weighted by atomic mass is 16.3. The Morgan fingerprint density at radius 1 is 1.00 bits per heavy atom. The number of hydrogen-bond acceptors (Lipinski definition) is 4. The summed E-state index contributed by atoms with van der Waals surface area (Å²) in [6, 6.07) is -0.0787. The van der Waals surface area contributed by atoms with Gasteiger partial charge in [0.05, 0.1) is 13.2 Å². The molecule has 0 fully saturated rings. The molecule has 0 heterocycles. The fraction of sp³-hybridized carbons (Fsp3) is 1.00. The molecular formula is C9H24N2O2.